The summed E-state index contributed by atoms with van der Waals surface area (Å²) in [6.45, 7) is 3.83. The fraction of sp³-hybridized carbons (Fsp3) is 0.333. The first-order chi connectivity index (χ1) is 5.65. The zero-order chi connectivity index (χ0) is 9.14. The van der Waals surface area contributed by atoms with E-state index in [9.17, 15) is 5.11 Å². The summed E-state index contributed by atoms with van der Waals surface area (Å²) in [4.78, 5) is 0. The molecule has 0 aliphatic rings. The molecule has 3 nitrogen and oxygen atoms in total. The lowest BCUT2D eigenvalue weighted by Gasteiger charge is -2.11. The van der Waals surface area contributed by atoms with Gasteiger partial charge < -0.3 is 5.11 Å². The van der Waals surface area contributed by atoms with E-state index < -0.39 is 0 Å². The molecule has 0 unspecified atom stereocenters. The Balaban J connectivity index is 2.96. The van der Waals surface area contributed by atoms with Gasteiger partial charge in [-0.2, -0.15) is 0 Å². The Labute approximate surface area is 72.2 Å². The van der Waals surface area contributed by atoms with Gasteiger partial charge in [-0.25, -0.2) is 0 Å². The molecule has 0 saturated carbocycles. The maximum absolute atomic E-state index is 9.25. The predicted octanol–water partition coefficient (Wildman–Crippen LogP) is 1.22. The molecular formula is C9H14N2O. The van der Waals surface area contributed by atoms with E-state index in [1.165, 1.54) is 0 Å². The van der Waals surface area contributed by atoms with Crippen molar-refractivity contribution in [3.63, 3.8) is 0 Å². The zero-order valence-electron chi connectivity index (χ0n) is 7.33. The van der Waals surface area contributed by atoms with Crippen LogP contribution in [-0.2, 0) is 0 Å². The fourth-order valence-corrected chi connectivity index (χ4v) is 1.04. The van der Waals surface area contributed by atoms with E-state index in [1.54, 1.807) is 6.07 Å². The number of rotatable bonds is 2. The maximum atomic E-state index is 9.25. The third kappa shape index (κ3) is 1.75. The van der Waals surface area contributed by atoms with Crippen molar-refractivity contribution in [1.82, 2.24) is 5.43 Å². The van der Waals surface area contributed by atoms with Crippen molar-refractivity contribution in [3.05, 3.63) is 29.3 Å². The van der Waals surface area contributed by atoms with Crippen LogP contribution < -0.4 is 11.3 Å². The molecule has 0 radical (unpaired) electrons. The van der Waals surface area contributed by atoms with Crippen molar-refractivity contribution in [1.29, 1.82) is 0 Å². The van der Waals surface area contributed by atoms with Gasteiger partial charge in [-0.15, -0.1) is 0 Å². The molecule has 1 rings (SSSR count). The molecular weight excluding hydrogens is 152 g/mol. The Hall–Kier alpha value is -1.06. The molecule has 0 bridgehead atoms. The lowest BCUT2D eigenvalue weighted by atomic mass is 10.1. The second-order valence-electron chi connectivity index (χ2n) is 2.93. The molecule has 0 fully saturated rings. The van der Waals surface area contributed by atoms with Crippen molar-refractivity contribution >= 4 is 0 Å². The zero-order valence-corrected chi connectivity index (χ0v) is 7.33. The number of benzene rings is 1. The molecule has 0 aliphatic carbocycles. The molecule has 12 heavy (non-hydrogen) atoms. The van der Waals surface area contributed by atoms with Crippen LogP contribution in [0.15, 0.2) is 18.2 Å². The molecule has 0 heterocycles. The topological polar surface area (TPSA) is 58.3 Å². The van der Waals surface area contributed by atoms with Crippen LogP contribution >= 0.6 is 0 Å². The van der Waals surface area contributed by atoms with Gasteiger partial charge in [0.2, 0.25) is 0 Å². The summed E-state index contributed by atoms with van der Waals surface area (Å²) in [5, 5.41) is 9.25. The number of phenolic OH excluding ortho intramolecular Hbond substituents is 1. The highest BCUT2D eigenvalue weighted by Gasteiger charge is 2.03. The number of aryl methyl sites for hydroxylation is 1. The molecule has 0 amide bonds. The molecule has 66 valence electrons. The number of hydrogen-bond donors (Lipinski definition) is 3. The monoisotopic (exact) mass is 166 g/mol. The first-order valence-electron chi connectivity index (χ1n) is 3.91. The minimum absolute atomic E-state index is 0.115. The number of hydrazine groups is 1. The van der Waals surface area contributed by atoms with Gasteiger partial charge in [0.05, 0.1) is 0 Å². The average Bonchev–Trinajstić information content (AvgIpc) is 2.08. The molecule has 4 N–H and O–H groups in total. The highest BCUT2D eigenvalue weighted by molar-refractivity contribution is 5.35. The predicted molar refractivity (Wildman–Crippen MR) is 48.6 cm³/mol. The van der Waals surface area contributed by atoms with Crippen LogP contribution in [-0.4, -0.2) is 5.11 Å². The third-order valence-electron chi connectivity index (χ3n) is 1.97. The van der Waals surface area contributed by atoms with Crippen molar-refractivity contribution in [2.24, 2.45) is 5.84 Å². The number of phenols is 1. The standard InChI is InChI=1S/C9H14N2O/c1-6-5-8(7(2)11-10)3-4-9(6)12/h3-5,7,11-12H,10H2,1-2H3/t7-/m1/s1. The lowest BCUT2D eigenvalue weighted by Crippen LogP contribution is -2.25. The third-order valence-corrected chi connectivity index (χ3v) is 1.97. The summed E-state index contributed by atoms with van der Waals surface area (Å²) < 4.78 is 0. The second-order valence-corrected chi connectivity index (χ2v) is 2.93. The number of nitrogens with two attached hydrogens (primary N) is 1. The van der Waals surface area contributed by atoms with Crippen molar-refractivity contribution in [2.75, 3.05) is 0 Å². The van der Waals surface area contributed by atoms with Crippen LogP contribution in [0.5, 0.6) is 5.75 Å². The first-order valence-corrected chi connectivity index (χ1v) is 3.91. The van der Waals surface area contributed by atoms with E-state index >= 15 is 0 Å². The normalized spacial score (nSPS) is 12.9. The van der Waals surface area contributed by atoms with Crippen LogP contribution in [0.2, 0.25) is 0 Å². The molecule has 0 aromatic heterocycles. The summed E-state index contributed by atoms with van der Waals surface area (Å²) in [5.41, 5.74) is 4.59. The Morgan fingerprint density at radius 2 is 2.17 bits per heavy atom. The highest BCUT2D eigenvalue weighted by atomic mass is 16.3. The van der Waals surface area contributed by atoms with E-state index in [-0.39, 0.29) is 6.04 Å². The van der Waals surface area contributed by atoms with Crippen molar-refractivity contribution in [2.45, 2.75) is 19.9 Å². The molecule has 1 aromatic carbocycles. The smallest absolute Gasteiger partial charge is 0.118 e. The van der Waals surface area contributed by atoms with Gasteiger partial charge >= 0.3 is 0 Å². The van der Waals surface area contributed by atoms with E-state index in [1.807, 2.05) is 26.0 Å². The molecule has 3 heteroatoms. The van der Waals surface area contributed by atoms with Crippen LogP contribution in [0.25, 0.3) is 0 Å². The van der Waals surface area contributed by atoms with Crippen molar-refractivity contribution in [3.8, 4) is 5.75 Å². The van der Waals surface area contributed by atoms with Gasteiger partial charge in [0, 0.05) is 6.04 Å². The number of aromatic hydroxyl groups is 1. The minimum atomic E-state index is 0.115. The summed E-state index contributed by atoms with van der Waals surface area (Å²) in [6, 6.07) is 5.56. The molecule has 0 saturated heterocycles. The van der Waals surface area contributed by atoms with Gasteiger partial charge in [0.1, 0.15) is 5.75 Å². The van der Waals surface area contributed by atoms with Crippen LogP contribution in [0.3, 0.4) is 0 Å². The van der Waals surface area contributed by atoms with Crippen LogP contribution in [0.4, 0.5) is 0 Å². The second kappa shape index (κ2) is 3.56. The average molecular weight is 166 g/mol. The van der Waals surface area contributed by atoms with Gasteiger partial charge in [0.25, 0.3) is 0 Å². The minimum Gasteiger partial charge on any atom is -0.508 e. The fourth-order valence-electron chi connectivity index (χ4n) is 1.04. The highest BCUT2D eigenvalue weighted by Crippen LogP contribution is 2.20. The van der Waals surface area contributed by atoms with Gasteiger partial charge in [0.15, 0.2) is 0 Å². The van der Waals surface area contributed by atoms with Gasteiger partial charge in [-0.05, 0) is 31.0 Å². The number of nitrogens with one attached hydrogen (secondary N) is 1. The molecule has 1 atom stereocenters. The number of hydrogen-bond acceptors (Lipinski definition) is 3. The first kappa shape index (κ1) is 9.03. The summed E-state index contributed by atoms with van der Waals surface area (Å²) >= 11 is 0. The van der Waals surface area contributed by atoms with E-state index in [4.69, 9.17) is 5.84 Å². The van der Waals surface area contributed by atoms with E-state index in [2.05, 4.69) is 5.43 Å². The summed E-state index contributed by atoms with van der Waals surface area (Å²) in [6.07, 6.45) is 0. The SMILES string of the molecule is Cc1cc([C@@H](C)NN)ccc1O. The Morgan fingerprint density at radius 1 is 1.50 bits per heavy atom. The summed E-state index contributed by atoms with van der Waals surface area (Å²) in [7, 11) is 0. The van der Waals surface area contributed by atoms with Crippen LogP contribution in [0, 0.1) is 6.92 Å². The lowest BCUT2D eigenvalue weighted by molar-refractivity contribution is 0.470. The Bertz CT molecular complexity index is 273. The van der Waals surface area contributed by atoms with Gasteiger partial charge in [-0.1, -0.05) is 12.1 Å². The van der Waals surface area contributed by atoms with Crippen LogP contribution in [0.1, 0.15) is 24.1 Å². The Morgan fingerprint density at radius 3 is 2.67 bits per heavy atom. The van der Waals surface area contributed by atoms with E-state index in [0.29, 0.717) is 5.75 Å². The van der Waals surface area contributed by atoms with E-state index in [0.717, 1.165) is 11.1 Å². The van der Waals surface area contributed by atoms with Gasteiger partial charge in [-0.3, -0.25) is 11.3 Å². The molecule has 1 aromatic rings. The van der Waals surface area contributed by atoms with Crippen molar-refractivity contribution < 1.29 is 5.11 Å². The molecule has 0 aliphatic heterocycles. The Kier molecular flexibility index (Phi) is 2.68. The molecule has 0 spiro atoms. The maximum Gasteiger partial charge on any atom is 0.118 e. The largest absolute Gasteiger partial charge is 0.508 e. The summed E-state index contributed by atoms with van der Waals surface area (Å²) in [5.74, 6) is 5.60. The quantitative estimate of drug-likeness (QED) is 0.457.